The molecule has 2 amide bonds. The topological polar surface area (TPSA) is 62.3 Å². The third-order valence-corrected chi connectivity index (χ3v) is 6.20. The van der Waals surface area contributed by atoms with Crippen molar-refractivity contribution >= 4 is 33.4 Å². The van der Waals surface area contributed by atoms with E-state index in [-0.39, 0.29) is 17.9 Å². The Morgan fingerprint density at radius 1 is 1.11 bits per heavy atom. The van der Waals surface area contributed by atoms with E-state index in [1.54, 1.807) is 23.5 Å². The van der Waals surface area contributed by atoms with Gasteiger partial charge in [-0.05, 0) is 43.5 Å². The van der Waals surface area contributed by atoms with E-state index >= 15 is 0 Å². The summed E-state index contributed by atoms with van der Waals surface area (Å²) in [6.07, 6.45) is 3.06. The summed E-state index contributed by atoms with van der Waals surface area (Å²) in [5.41, 5.74) is 1.65. The highest BCUT2D eigenvalue weighted by atomic mass is 32.1. The largest absolute Gasteiger partial charge is 0.352 e. The molecule has 0 bridgehead atoms. The number of carbonyl (C=O) groups excluding carboxylic acids is 2. The van der Waals surface area contributed by atoms with E-state index in [2.05, 4.69) is 11.4 Å². The molecule has 5 nitrogen and oxygen atoms in total. The molecule has 1 aromatic heterocycles. The molecule has 1 N–H and O–H groups in total. The number of nitrogens with one attached hydrogen (secondary N) is 1. The number of benzene rings is 2. The lowest BCUT2D eigenvalue weighted by Gasteiger charge is -2.23. The summed E-state index contributed by atoms with van der Waals surface area (Å²) in [7, 11) is 0. The number of hydrogen-bond donors (Lipinski definition) is 1. The molecule has 1 atom stereocenters. The van der Waals surface area contributed by atoms with E-state index in [9.17, 15) is 9.59 Å². The van der Waals surface area contributed by atoms with E-state index in [0.717, 1.165) is 29.9 Å². The molecule has 2 heterocycles. The average molecular weight is 394 g/mol. The van der Waals surface area contributed by atoms with Gasteiger partial charge in [0.05, 0.1) is 16.3 Å². The molecule has 4 rings (SSSR count). The van der Waals surface area contributed by atoms with Gasteiger partial charge in [-0.25, -0.2) is 4.98 Å². The zero-order valence-corrected chi connectivity index (χ0v) is 16.5. The number of rotatable bonds is 6. The highest BCUT2D eigenvalue weighted by Crippen LogP contribution is 2.36. The fraction of sp³-hybridized carbons (Fsp3) is 0.318. The molecule has 1 fully saturated rings. The monoisotopic (exact) mass is 393 g/mol. The summed E-state index contributed by atoms with van der Waals surface area (Å²) >= 11 is 1.68. The van der Waals surface area contributed by atoms with Gasteiger partial charge in [0.1, 0.15) is 5.01 Å². The average Bonchev–Trinajstić information content (AvgIpc) is 3.38. The van der Waals surface area contributed by atoms with Crippen molar-refractivity contribution < 1.29 is 9.59 Å². The van der Waals surface area contributed by atoms with Crippen molar-refractivity contribution in [2.75, 3.05) is 13.1 Å². The van der Waals surface area contributed by atoms with Crippen LogP contribution in [0, 0.1) is 0 Å². The molecule has 0 spiro atoms. The minimum Gasteiger partial charge on any atom is -0.352 e. The van der Waals surface area contributed by atoms with Crippen LogP contribution in [0.5, 0.6) is 0 Å². The van der Waals surface area contributed by atoms with Gasteiger partial charge >= 0.3 is 0 Å². The highest BCUT2D eigenvalue weighted by Gasteiger charge is 2.31. The van der Waals surface area contributed by atoms with Crippen molar-refractivity contribution in [2.24, 2.45) is 0 Å². The van der Waals surface area contributed by atoms with Crippen LogP contribution in [0.4, 0.5) is 0 Å². The van der Waals surface area contributed by atoms with Crippen molar-refractivity contribution in [3.8, 4) is 0 Å². The summed E-state index contributed by atoms with van der Waals surface area (Å²) < 4.78 is 1.17. The molecule has 1 saturated heterocycles. The first-order valence-corrected chi connectivity index (χ1v) is 10.5. The summed E-state index contributed by atoms with van der Waals surface area (Å²) in [6, 6.07) is 17.3. The number of hydrogen-bond acceptors (Lipinski definition) is 4. The molecule has 1 aliphatic rings. The number of amides is 2. The second-order valence-corrected chi connectivity index (χ2v) is 8.05. The lowest BCUT2D eigenvalue weighted by atomic mass is 10.2. The Kier molecular flexibility index (Phi) is 5.67. The molecule has 0 radical (unpaired) electrons. The number of likely N-dealkylation sites (tertiary alicyclic amines) is 1. The molecule has 2 aromatic carbocycles. The third kappa shape index (κ3) is 4.07. The van der Waals surface area contributed by atoms with E-state index in [1.165, 1.54) is 4.70 Å². The predicted octanol–water partition coefficient (Wildman–Crippen LogP) is 4.17. The molecule has 0 aliphatic carbocycles. The third-order valence-electron chi connectivity index (χ3n) is 5.06. The summed E-state index contributed by atoms with van der Waals surface area (Å²) in [5.74, 6) is 0.0530. The first kappa shape index (κ1) is 18.6. The van der Waals surface area contributed by atoms with Crippen LogP contribution in [-0.4, -0.2) is 34.8 Å². The minimum absolute atomic E-state index is 0.0869. The van der Waals surface area contributed by atoms with Crippen LogP contribution in [0.15, 0.2) is 54.6 Å². The molecular formula is C22H23N3O2S. The maximum Gasteiger partial charge on any atom is 0.251 e. The van der Waals surface area contributed by atoms with Gasteiger partial charge in [-0.3, -0.25) is 9.59 Å². The molecule has 6 heteroatoms. The Hall–Kier alpha value is -2.73. The number of thiazole rings is 1. The van der Waals surface area contributed by atoms with Crippen molar-refractivity contribution in [1.29, 1.82) is 0 Å². The fourth-order valence-corrected chi connectivity index (χ4v) is 4.75. The molecular weight excluding hydrogens is 370 g/mol. The normalized spacial score (nSPS) is 16.4. The van der Waals surface area contributed by atoms with E-state index in [0.29, 0.717) is 24.9 Å². The second kappa shape index (κ2) is 8.52. The lowest BCUT2D eigenvalue weighted by molar-refractivity contribution is -0.132. The van der Waals surface area contributed by atoms with Gasteiger partial charge in [0.15, 0.2) is 0 Å². The van der Waals surface area contributed by atoms with Gasteiger partial charge in [0.25, 0.3) is 5.91 Å². The minimum atomic E-state index is -0.0958. The Morgan fingerprint density at radius 2 is 1.89 bits per heavy atom. The number of para-hydroxylation sites is 1. The van der Waals surface area contributed by atoms with Crippen LogP contribution in [0.3, 0.4) is 0 Å². The van der Waals surface area contributed by atoms with Crippen LogP contribution in [0.1, 0.15) is 47.1 Å². The molecule has 28 heavy (non-hydrogen) atoms. The Balaban J connectivity index is 1.30. The van der Waals surface area contributed by atoms with E-state index in [1.807, 2.05) is 41.3 Å². The maximum absolute atomic E-state index is 12.7. The summed E-state index contributed by atoms with van der Waals surface area (Å²) in [6.45, 7) is 1.29. The molecule has 1 aliphatic heterocycles. The number of fused-ring (bicyclic) bond motifs is 1. The molecule has 144 valence electrons. The zero-order valence-electron chi connectivity index (χ0n) is 15.6. The van der Waals surface area contributed by atoms with E-state index in [4.69, 9.17) is 4.98 Å². The Bertz CT molecular complexity index is 937. The predicted molar refractivity (Wildman–Crippen MR) is 111 cm³/mol. The van der Waals surface area contributed by atoms with Crippen molar-refractivity contribution in [3.05, 3.63) is 65.2 Å². The van der Waals surface area contributed by atoms with Crippen LogP contribution < -0.4 is 5.32 Å². The van der Waals surface area contributed by atoms with Gasteiger partial charge in [-0.15, -0.1) is 11.3 Å². The number of aromatic nitrogens is 1. The lowest BCUT2D eigenvalue weighted by Crippen LogP contribution is -2.31. The Morgan fingerprint density at radius 3 is 2.71 bits per heavy atom. The van der Waals surface area contributed by atoms with Crippen LogP contribution in [0.2, 0.25) is 0 Å². The SMILES string of the molecule is O=C(NCCCC(=O)N1CCCC1c1nc2ccccc2s1)c1ccccc1. The molecule has 0 saturated carbocycles. The van der Waals surface area contributed by atoms with Crippen LogP contribution in [-0.2, 0) is 4.79 Å². The van der Waals surface area contributed by atoms with Crippen LogP contribution in [0.25, 0.3) is 10.2 Å². The highest BCUT2D eigenvalue weighted by molar-refractivity contribution is 7.18. The first-order chi connectivity index (χ1) is 13.7. The van der Waals surface area contributed by atoms with Gasteiger partial charge in [0.2, 0.25) is 5.91 Å². The standard InChI is InChI=1S/C22H23N3O2S/c26-20(13-6-14-23-21(27)16-8-2-1-3-9-16)25-15-7-11-18(25)22-24-17-10-4-5-12-19(17)28-22/h1-5,8-10,12,18H,6-7,11,13-15H2,(H,23,27). The van der Waals surface area contributed by atoms with Crippen molar-refractivity contribution in [3.63, 3.8) is 0 Å². The smallest absolute Gasteiger partial charge is 0.251 e. The zero-order chi connectivity index (χ0) is 19.3. The maximum atomic E-state index is 12.7. The van der Waals surface area contributed by atoms with Gasteiger partial charge in [-0.2, -0.15) is 0 Å². The fourth-order valence-electron chi connectivity index (χ4n) is 3.63. The van der Waals surface area contributed by atoms with E-state index < -0.39 is 0 Å². The first-order valence-electron chi connectivity index (χ1n) is 9.70. The van der Waals surface area contributed by atoms with Gasteiger partial charge < -0.3 is 10.2 Å². The van der Waals surface area contributed by atoms with Gasteiger partial charge in [0, 0.05) is 25.1 Å². The van der Waals surface area contributed by atoms with Crippen molar-refractivity contribution in [2.45, 2.75) is 31.7 Å². The summed E-state index contributed by atoms with van der Waals surface area (Å²) in [5, 5.41) is 3.92. The molecule has 1 unspecified atom stereocenters. The number of nitrogens with zero attached hydrogens (tertiary/aromatic N) is 2. The Labute approximate surface area is 168 Å². The molecule has 3 aromatic rings. The van der Waals surface area contributed by atoms with Gasteiger partial charge in [-0.1, -0.05) is 30.3 Å². The van der Waals surface area contributed by atoms with Crippen molar-refractivity contribution in [1.82, 2.24) is 15.2 Å². The second-order valence-electron chi connectivity index (χ2n) is 6.99. The number of carbonyl (C=O) groups is 2. The summed E-state index contributed by atoms with van der Waals surface area (Å²) in [4.78, 5) is 31.5. The van der Waals surface area contributed by atoms with Crippen LogP contribution >= 0.6 is 11.3 Å². The quantitative estimate of drug-likeness (QED) is 0.640.